The van der Waals surface area contributed by atoms with Crippen LogP contribution in [0.2, 0.25) is 0 Å². The van der Waals surface area contributed by atoms with Crippen LogP contribution in [0, 0.1) is 33.1 Å². The number of hydrogen-bond donors (Lipinski definition) is 2. The first-order chi connectivity index (χ1) is 9.36. The zero-order valence-corrected chi connectivity index (χ0v) is 12.7. The molecule has 20 heavy (non-hydrogen) atoms. The van der Waals surface area contributed by atoms with Gasteiger partial charge in [-0.15, -0.1) is 0 Å². The molecule has 2 aromatic rings. The number of aryl methyl sites for hydroxylation is 3. The monoisotopic (exact) mass is 271 g/mol. The van der Waals surface area contributed by atoms with E-state index in [0.29, 0.717) is 11.4 Å². The van der Waals surface area contributed by atoms with Crippen molar-refractivity contribution in [1.29, 1.82) is 5.41 Å². The van der Waals surface area contributed by atoms with E-state index in [0.717, 1.165) is 29.1 Å². The van der Waals surface area contributed by atoms with Gasteiger partial charge in [0.1, 0.15) is 5.84 Å². The highest BCUT2D eigenvalue weighted by molar-refractivity contribution is 5.99. The number of rotatable bonds is 3. The maximum absolute atomic E-state index is 7.81. The Bertz CT molecular complexity index is 682. The lowest BCUT2D eigenvalue weighted by atomic mass is 10.1. The number of aromatic nitrogens is 3. The van der Waals surface area contributed by atoms with E-state index in [1.54, 1.807) is 0 Å². The molecule has 0 aromatic carbocycles. The predicted molar refractivity (Wildman–Crippen MR) is 80.7 cm³/mol. The van der Waals surface area contributed by atoms with Crippen LogP contribution in [-0.2, 0) is 6.42 Å². The molecule has 0 saturated heterocycles. The summed E-state index contributed by atoms with van der Waals surface area (Å²) in [6.45, 7) is 10.0. The molecule has 0 saturated carbocycles. The van der Waals surface area contributed by atoms with E-state index in [4.69, 9.17) is 11.1 Å². The molecule has 2 rings (SSSR count). The molecule has 0 bridgehead atoms. The lowest BCUT2D eigenvalue weighted by Gasteiger charge is -2.13. The van der Waals surface area contributed by atoms with Crippen LogP contribution >= 0.6 is 0 Å². The molecule has 106 valence electrons. The van der Waals surface area contributed by atoms with Gasteiger partial charge in [-0.05, 0) is 51.3 Å². The van der Waals surface area contributed by atoms with Crippen molar-refractivity contribution in [2.45, 2.75) is 41.0 Å². The van der Waals surface area contributed by atoms with Crippen molar-refractivity contribution in [2.75, 3.05) is 0 Å². The molecule has 0 spiro atoms. The van der Waals surface area contributed by atoms with E-state index in [1.165, 1.54) is 5.56 Å². The molecule has 0 atom stereocenters. The second-order valence-electron chi connectivity index (χ2n) is 5.11. The molecule has 0 aliphatic rings. The van der Waals surface area contributed by atoms with Crippen molar-refractivity contribution in [3.05, 3.63) is 39.8 Å². The summed E-state index contributed by atoms with van der Waals surface area (Å²) in [4.78, 5) is 4.55. The van der Waals surface area contributed by atoms with Gasteiger partial charge in [-0.2, -0.15) is 5.10 Å². The number of amidine groups is 1. The number of nitrogens with zero attached hydrogens (tertiary/aromatic N) is 3. The molecule has 2 heterocycles. The summed E-state index contributed by atoms with van der Waals surface area (Å²) in [5, 5.41) is 12.4. The lowest BCUT2D eigenvalue weighted by molar-refractivity contribution is 0.796. The van der Waals surface area contributed by atoms with Crippen LogP contribution in [0.5, 0.6) is 0 Å². The predicted octanol–water partition coefficient (Wildman–Crippen LogP) is 2.35. The van der Waals surface area contributed by atoms with E-state index in [-0.39, 0.29) is 5.84 Å². The van der Waals surface area contributed by atoms with Crippen LogP contribution in [0.1, 0.15) is 40.7 Å². The van der Waals surface area contributed by atoms with Gasteiger partial charge in [0.15, 0.2) is 5.82 Å². The largest absolute Gasteiger partial charge is 0.384 e. The molecule has 0 aliphatic heterocycles. The molecular formula is C15H21N5. The van der Waals surface area contributed by atoms with E-state index >= 15 is 0 Å². The van der Waals surface area contributed by atoms with Gasteiger partial charge in [0.2, 0.25) is 0 Å². The van der Waals surface area contributed by atoms with Crippen molar-refractivity contribution in [1.82, 2.24) is 14.8 Å². The summed E-state index contributed by atoms with van der Waals surface area (Å²) in [6, 6.07) is 1.94. The van der Waals surface area contributed by atoms with E-state index in [2.05, 4.69) is 17.0 Å². The fourth-order valence-corrected chi connectivity index (χ4v) is 2.70. The quantitative estimate of drug-likeness (QED) is 0.664. The van der Waals surface area contributed by atoms with E-state index < -0.39 is 0 Å². The molecule has 0 unspecified atom stereocenters. The third-order valence-corrected chi connectivity index (χ3v) is 3.59. The van der Waals surface area contributed by atoms with Gasteiger partial charge in [0, 0.05) is 11.4 Å². The Morgan fingerprint density at radius 2 is 1.95 bits per heavy atom. The smallest absolute Gasteiger partial charge is 0.165 e. The van der Waals surface area contributed by atoms with Gasteiger partial charge in [0.25, 0.3) is 0 Å². The van der Waals surface area contributed by atoms with Crippen molar-refractivity contribution in [3.63, 3.8) is 0 Å². The van der Waals surface area contributed by atoms with Crippen molar-refractivity contribution in [3.8, 4) is 5.82 Å². The van der Waals surface area contributed by atoms with Crippen LogP contribution < -0.4 is 5.73 Å². The van der Waals surface area contributed by atoms with Gasteiger partial charge in [0.05, 0.1) is 11.3 Å². The van der Waals surface area contributed by atoms with Crippen LogP contribution in [-0.4, -0.2) is 20.6 Å². The first-order valence-corrected chi connectivity index (χ1v) is 6.74. The van der Waals surface area contributed by atoms with E-state index in [9.17, 15) is 0 Å². The average Bonchev–Trinajstić information content (AvgIpc) is 2.62. The molecule has 0 radical (unpaired) electrons. The van der Waals surface area contributed by atoms with Crippen LogP contribution in [0.25, 0.3) is 5.82 Å². The Kier molecular flexibility index (Phi) is 3.61. The highest BCUT2D eigenvalue weighted by atomic mass is 15.3. The molecule has 0 fully saturated rings. The molecular weight excluding hydrogens is 250 g/mol. The van der Waals surface area contributed by atoms with Gasteiger partial charge < -0.3 is 5.73 Å². The van der Waals surface area contributed by atoms with Crippen molar-refractivity contribution < 1.29 is 0 Å². The maximum atomic E-state index is 7.81. The summed E-state index contributed by atoms with van der Waals surface area (Å²) in [7, 11) is 0. The summed E-state index contributed by atoms with van der Waals surface area (Å²) in [5.41, 5.74) is 11.5. The Morgan fingerprint density at radius 1 is 1.30 bits per heavy atom. The Hall–Kier alpha value is -2.17. The second-order valence-corrected chi connectivity index (χ2v) is 5.11. The minimum absolute atomic E-state index is 0.0237. The third kappa shape index (κ3) is 2.19. The average molecular weight is 271 g/mol. The van der Waals surface area contributed by atoms with Crippen LogP contribution in [0.4, 0.5) is 0 Å². The summed E-state index contributed by atoms with van der Waals surface area (Å²) in [6.07, 6.45) is 0.928. The topological polar surface area (TPSA) is 80.6 Å². The van der Waals surface area contributed by atoms with Gasteiger partial charge in [-0.3, -0.25) is 5.41 Å². The molecule has 0 aliphatic carbocycles. The summed E-state index contributed by atoms with van der Waals surface area (Å²) >= 11 is 0. The first-order valence-electron chi connectivity index (χ1n) is 6.74. The third-order valence-electron chi connectivity index (χ3n) is 3.59. The summed E-state index contributed by atoms with van der Waals surface area (Å²) in [5.74, 6) is 0.672. The van der Waals surface area contributed by atoms with E-state index in [1.807, 2.05) is 38.4 Å². The maximum Gasteiger partial charge on any atom is 0.165 e. The number of nitrogens with two attached hydrogens (primary N) is 1. The fraction of sp³-hybridized carbons (Fsp3) is 0.400. The first kappa shape index (κ1) is 14.2. The molecule has 5 nitrogen and oxygen atoms in total. The summed E-state index contributed by atoms with van der Waals surface area (Å²) < 4.78 is 1.81. The standard InChI is InChI=1S/C15H21N5/c1-6-12-10(4)19-20(11(12)5)15-13(14(16)17)8(2)7-9(3)18-15/h7H,6H2,1-5H3,(H3,16,17). The second kappa shape index (κ2) is 5.07. The van der Waals surface area contributed by atoms with Crippen molar-refractivity contribution in [2.24, 2.45) is 5.73 Å². The highest BCUT2D eigenvalue weighted by Crippen LogP contribution is 2.22. The minimum atomic E-state index is 0.0237. The highest BCUT2D eigenvalue weighted by Gasteiger charge is 2.18. The van der Waals surface area contributed by atoms with Crippen molar-refractivity contribution >= 4 is 5.84 Å². The number of pyridine rings is 1. The zero-order valence-electron chi connectivity index (χ0n) is 12.7. The number of nitrogens with one attached hydrogen (secondary N) is 1. The fourth-order valence-electron chi connectivity index (χ4n) is 2.70. The lowest BCUT2D eigenvalue weighted by Crippen LogP contribution is -2.19. The van der Waals surface area contributed by atoms with Gasteiger partial charge >= 0.3 is 0 Å². The van der Waals surface area contributed by atoms with Crippen LogP contribution in [0.3, 0.4) is 0 Å². The SMILES string of the molecule is CCc1c(C)nn(-c2nc(C)cc(C)c2C(=N)N)c1C. The Labute approximate surface area is 119 Å². The molecule has 0 amide bonds. The zero-order chi connectivity index (χ0) is 15.0. The van der Waals surface area contributed by atoms with Crippen LogP contribution in [0.15, 0.2) is 6.07 Å². The van der Waals surface area contributed by atoms with Gasteiger partial charge in [-0.25, -0.2) is 9.67 Å². The molecule has 2 aromatic heterocycles. The Balaban J connectivity index is 2.79. The molecule has 3 N–H and O–H groups in total. The molecule has 5 heteroatoms. The Morgan fingerprint density at radius 3 is 2.45 bits per heavy atom. The number of hydrogen-bond acceptors (Lipinski definition) is 3. The normalized spacial score (nSPS) is 10.8. The number of nitrogen functional groups attached to an aromatic ring is 1. The van der Waals surface area contributed by atoms with Gasteiger partial charge in [-0.1, -0.05) is 6.92 Å². The minimum Gasteiger partial charge on any atom is -0.384 e.